The largest absolute Gasteiger partial charge is 0.497 e. The van der Waals surface area contributed by atoms with Crippen LogP contribution < -0.4 is 14.8 Å². The zero-order valence-corrected chi connectivity index (χ0v) is 12.2. The molecule has 4 nitrogen and oxygen atoms in total. The van der Waals surface area contributed by atoms with Crippen LogP contribution >= 0.6 is 0 Å². The molecule has 0 saturated heterocycles. The molecule has 0 fully saturated rings. The molecule has 0 amide bonds. The minimum Gasteiger partial charge on any atom is -0.497 e. The van der Waals surface area contributed by atoms with Crippen molar-refractivity contribution in [2.75, 3.05) is 20.8 Å². The number of hydrogen-bond donors (Lipinski definition) is 1. The Balaban J connectivity index is 2.28. The molecular weight excluding hydrogens is 254 g/mol. The molecule has 2 rings (SSSR count). The van der Waals surface area contributed by atoms with E-state index >= 15 is 0 Å². The third-order valence-electron chi connectivity index (χ3n) is 3.29. The molecule has 1 aromatic heterocycles. The number of methoxy groups -OCH3 is 2. The summed E-state index contributed by atoms with van der Waals surface area (Å²) >= 11 is 0. The normalized spacial score (nSPS) is 12.2. The highest BCUT2D eigenvalue weighted by Gasteiger charge is 2.17. The van der Waals surface area contributed by atoms with Gasteiger partial charge in [-0.05, 0) is 30.7 Å². The predicted molar refractivity (Wildman–Crippen MR) is 78.4 cm³/mol. The Labute approximate surface area is 119 Å². The smallest absolute Gasteiger partial charge is 0.127 e. The number of benzene rings is 1. The van der Waals surface area contributed by atoms with Crippen LogP contribution in [0.25, 0.3) is 0 Å². The Hall–Kier alpha value is -1.94. The summed E-state index contributed by atoms with van der Waals surface area (Å²) in [5.41, 5.74) is 2.28. The third-order valence-corrected chi connectivity index (χ3v) is 3.29. The summed E-state index contributed by atoms with van der Waals surface area (Å²) in [7, 11) is 3.33. The molecule has 0 aliphatic rings. The maximum atomic E-state index is 5.49. The van der Waals surface area contributed by atoms with Gasteiger partial charge < -0.3 is 19.2 Å². The molecular formula is C16H21NO3. The van der Waals surface area contributed by atoms with Gasteiger partial charge in [-0.3, -0.25) is 0 Å². The molecule has 0 radical (unpaired) electrons. The number of ether oxygens (including phenoxy) is 2. The van der Waals surface area contributed by atoms with Crippen molar-refractivity contribution in [2.45, 2.75) is 19.4 Å². The maximum absolute atomic E-state index is 5.49. The van der Waals surface area contributed by atoms with Crippen LogP contribution in [0.1, 0.15) is 24.1 Å². The van der Waals surface area contributed by atoms with E-state index in [4.69, 9.17) is 13.9 Å². The number of hydrogen-bond acceptors (Lipinski definition) is 4. The van der Waals surface area contributed by atoms with Gasteiger partial charge in [0.25, 0.3) is 0 Å². The first-order chi connectivity index (χ1) is 9.78. The van der Waals surface area contributed by atoms with Crippen molar-refractivity contribution in [2.24, 2.45) is 0 Å². The van der Waals surface area contributed by atoms with Crippen molar-refractivity contribution >= 4 is 0 Å². The van der Waals surface area contributed by atoms with E-state index in [1.807, 2.05) is 24.3 Å². The van der Waals surface area contributed by atoms with E-state index in [-0.39, 0.29) is 6.04 Å². The minimum absolute atomic E-state index is 0.179. The zero-order valence-electron chi connectivity index (χ0n) is 12.2. The monoisotopic (exact) mass is 275 g/mol. The Morgan fingerprint density at radius 3 is 2.65 bits per heavy atom. The van der Waals surface area contributed by atoms with Crippen LogP contribution in [0.5, 0.6) is 11.5 Å². The highest BCUT2D eigenvalue weighted by Crippen LogP contribution is 2.31. The van der Waals surface area contributed by atoms with Gasteiger partial charge in [0.05, 0.1) is 26.7 Å². The lowest BCUT2D eigenvalue weighted by Crippen LogP contribution is -2.23. The summed E-state index contributed by atoms with van der Waals surface area (Å²) in [5, 5.41) is 3.49. The fraction of sp³-hybridized carbons (Fsp3) is 0.375. The van der Waals surface area contributed by atoms with Gasteiger partial charge in [-0.1, -0.05) is 13.0 Å². The first-order valence-corrected chi connectivity index (χ1v) is 6.74. The van der Waals surface area contributed by atoms with Crippen LogP contribution in [0.15, 0.2) is 41.2 Å². The second-order valence-corrected chi connectivity index (χ2v) is 4.55. The minimum atomic E-state index is 0.179. The van der Waals surface area contributed by atoms with E-state index in [1.54, 1.807) is 26.7 Å². The molecule has 1 N–H and O–H groups in total. The quantitative estimate of drug-likeness (QED) is 0.842. The number of nitrogens with one attached hydrogen (secondary N) is 1. The molecule has 4 heteroatoms. The topological polar surface area (TPSA) is 43.6 Å². The summed E-state index contributed by atoms with van der Waals surface area (Å²) in [4.78, 5) is 0. The first-order valence-electron chi connectivity index (χ1n) is 6.74. The summed E-state index contributed by atoms with van der Waals surface area (Å²) in [6.45, 7) is 2.98. The van der Waals surface area contributed by atoms with Gasteiger partial charge in [0.1, 0.15) is 11.5 Å². The molecule has 0 bridgehead atoms. The molecule has 1 unspecified atom stereocenters. The highest BCUT2D eigenvalue weighted by atomic mass is 16.5. The van der Waals surface area contributed by atoms with Crippen LogP contribution in [-0.4, -0.2) is 20.8 Å². The van der Waals surface area contributed by atoms with Gasteiger partial charge in [-0.2, -0.15) is 0 Å². The lowest BCUT2D eigenvalue weighted by atomic mass is 9.99. The van der Waals surface area contributed by atoms with E-state index in [0.29, 0.717) is 0 Å². The average Bonchev–Trinajstić information content (AvgIpc) is 2.99. The van der Waals surface area contributed by atoms with Gasteiger partial charge in [-0.15, -0.1) is 0 Å². The van der Waals surface area contributed by atoms with Gasteiger partial charge >= 0.3 is 0 Å². The number of furan rings is 1. The summed E-state index contributed by atoms with van der Waals surface area (Å²) in [6, 6.07) is 8.08. The molecule has 0 saturated carbocycles. The molecule has 0 aliphatic carbocycles. The van der Waals surface area contributed by atoms with Gasteiger partial charge in [0.15, 0.2) is 0 Å². The van der Waals surface area contributed by atoms with Crippen molar-refractivity contribution in [3.8, 4) is 11.5 Å². The summed E-state index contributed by atoms with van der Waals surface area (Å²) < 4.78 is 15.9. The first kappa shape index (κ1) is 14.5. The van der Waals surface area contributed by atoms with Gasteiger partial charge in [-0.25, -0.2) is 0 Å². The Bertz CT molecular complexity index is 523. The average molecular weight is 275 g/mol. The van der Waals surface area contributed by atoms with Crippen molar-refractivity contribution in [1.29, 1.82) is 0 Å². The van der Waals surface area contributed by atoms with Gasteiger partial charge in [0, 0.05) is 17.7 Å². The molecule has 1 aromatic carbocycles. The van der Waals surface area contributed by atoms with E-state index in [1.165, 1.54) is 0 Å². The number of likely N-dealkylation sites (N-methyl/N-ethyl adjacent to an activating group) is 1. The summed E-state index contributed by atoms with van der Waals surface area (Å²) in [5.74, 6) is 1.63. The van der Waals surface area contributed by atoms with Crippen LogP contribution in [-0.2, 0) is 6.42 Å². The van der Waals surface area contributed by atoms with Crippen molar-refractivity contribution < 1.29 is 13.9 Å². The predicted octanol–water partition coefficient (Wildman–Crippen LogP) is 3.19. The lowest BCUT2D eigenvalue weighted by Gasteiger charge is -2.20. The molecule has 2 aromatic rings. The maximum Gasteiger partial charge on any atom is 0.127 e. The molecule has 108 valence electrons. The Morgan fingerprint density at radius 2 is 2.05 bits per heavy atom. The molecule has 0 spiro atoms. The Kier molecular flexibility index (Phi) is 5.07. The fourth-order valence-electron chi connectivity index (χ4n) is 2.29. The van der Waals surface area contributed by atoms with Crippen LogP contribution in [0.3, 0.4) is 0 Å². The van der Waals surface area contributed by atoms with Crippen molar-refractivity contribution in [3.63, 3.8) is 0 Å². The van der Waals surface area contributed by atoms with Crippen molar-refractivity contribution in [3.05, 3.63) is 47.9 Å². The molecule has 1 heterocycles. The number of rotatable bonds is 7. The molecule has 0 aliphatic heterocycles. The van der Waals surface area contributed by atoms with E-state index < -0.39 is 0 Å². The van der Waals surface area contributed by atoms with E-state index in [9.17, 15) is 0 Å². The van der Waals surface area contributed by atoms with E-state index in [0.717, 1.165) is 35.6 Å². The second-order valence-electron chi connectivity index (χ2n) is 4.55. The van der Waals surface area contributed by atoms with Crippen LogP contribution in [0.4, 0.5) is 0 Å². The van der Waals surface area contributed by atoms with Crippen LogP contribution in [0.2, 0.25) is 0 Å². The molecule has 20 heavy (non-hydrogen) atoms. The SMILES string of the molecule is CCNC(Cc1ccoc1)c1ccc(OC)cc1OC. The fourth-order valence-corrected chi connectivity index (χ4v) is 2.29. The van der Waals surface area contributed by atoms with Crippen LogP contribution in [0, 0.1) is 0 Å². The third kappa shape index (κ3) is 3.33. The van der Waals surface area contributed by atoms with Gasteiger partial charge in [0.2, 0.25) is 0 Å². The zero-order chi connectivity index (χ0) is 14.4. The van der Waals surface area contributed by atoms with E-state index in [2.05, 4.69) is 12.2 Å². The Morgan fingerprint density at radius 1 is 1.20 bits per heavy atom. The lowest BCUT2D eigenvalue weighted by molar-refractivity contribution is 0.384. The van der Waals surface area contributed by atoms with Crippen molar-refractivity contribution in [1.82, 2.24) is 5.32 Å². The molecule has 1 atom stereocenters. The highest BCUT2D eigenvalue weighted by molar-refractivity contribution is 5.43. The standard InChI is InChI=1S/C16H21NO3/c1-4-17-15(9-12-7-8-20-11-12)14-6-5-13(18-2)10-16(14)19-3/h5-8,10-11,15,17H,4,9H2,1-3H3. The second kappa shape index (κ2) is 7.01. The summed E-state index contributed by atoms with van der Waals surface area (Å²) in [6.07, 6.45) is 4.33.